The Kier molecular flexibility index (Phi) is 3.18. The van der Waals surface area contributed by atoms with Gasteiger partial charge in [-0.15, -0.1) is 11.6 Å². The van der Waals surface area contributed by atoms with Crippen molar-refractivity contribution in [3.63, 3.8) is 0 Å². The quantitative estimate of drug-likeness (QED) is 0.674. The fourth-order valence-corrected chi connectivity index (χ4v) is 2.43. The summed E-state index contributed by atoms with van der Waals surface area (Å²) >= 11 is 12.0. The van der Waals surface area contributed by atoms with E-state index in [1.807, 2.05) is 13.1 Å². The molecule has 0 amide bonds. The van der Waals surface area contributed by atoms with E-state index in [-0.39, 0.29) is 10.4 Å². The summed E-state index contributed by atoms with van der Waals surface area (Å²) in [7, 11) is 1.81. The Morgan fingerprint density at radius 2 is 2.10 bits per heavy atom. The van der Waals surface area contributed by atoms with Gasteiger partial charge in [-0.3, -0.25) is 9.25 Å². The van der Waals surface area contributed by atoms with E-state index in [4.69, 9.17) is 23.2 Å². The zero-order chi connectivity index (χ0) is 14.4. The number of imidazole rings is 1. The summed E-state index contributed by atoms with van der Waals surface area (Å²) < 4.78 is 17.1. The smallest absolute Gasteiger partial charge is 0.160 e. The molecule has 4 nitrogen and oxygen atoms in total. The first-order valence-electron chi connectivity index (χ1n) is 5.99. The molecule has 3 rings (SSSR count). The summed E-state index contributed by atoms with van der Waals surface area (Å²) in [4.78, 5) is 4.43. The van der Waals surface area contributed by atoms with Crippen LogP contribution in [-0.2, 0) is 7.05 Å². The van der Waals surface area contributed by atoms with Crippen LogP contribution in [0.2, 0.25) is 5.02 Å². The predicted molar refractivity (Wildman–Crippen MR) is 77.1 cm³/mol. The number of alkyl halides is 1. The van der Waals surface area contributed by atoms with E-state index in [9.17, 15) is 4.39 Å². The SMILES string of the molecule is CC(Cl)c1nc2cc(Cl)c(F)cc2n1-c1ccn(C)n1. The number of aryl methyl sites for hydroxylation is 1. The van der Waals surface area contributed by atoms with E-state index in [1.54, 1.807) is 22.4 Å². The van der Waals surface area contributed by atoms with Crippen LogP contribution in [0.5, 0.6) is 0 Å². The summed E-state index contributed by atoms with van der Waals surface area (Å²) in [5.41, 5.74) is 1.18. The molecule has 2 heterocycles. The third-order valence-electron chi connectivity index (χ3n) is 3.01. The van der Waals surface area contributed by atoms with Gasteiger partial charge in [0, 0.05) is 25.4 Å². The minimum atomic E-state index is -0.495. The van der Waals surface area contributed by atoms with Crippen molar-refractivity contribution >= 4 is 34.2 Å². The molecule has 0 aliphatic heterocycles. The van der Waals surface area contributed by atoms with Crippen molar-refractivity contribution in [3.8, 4) is 5.82 Å². The molecule has 1 unspecified atom stereocenters. The number of hydrogen-bond donors (Lipinski definition) is 0. The number of rotatable bonds is 2. The summed E-state index contributed by atoms with van der Waals surface area (Å²) in [5, 5.41) is 4.02. The van der Waals surface area contributed by atoms with Crippen molar-refractivity contribution in [3.05, 3.63) is 41.1 Å². The van der Waals surface area contributed by atoms with Crippen LogP contribution in [0.25, 0.3) is 16.9 Å². The van der Waals surface area contributed by atoms with Gasteiger partial charge in [-0.05, 0) is 13.0 Å². The molecule has 0 fully saturated rings. The standard InChI is InChI=1S/C13H11Cl2FN4/c1-7(14)13-17-10-5-8(15)9(16)6-11(10)20(13)12-3-4-19(2)18-12/h3-7H,1-2H3. The number of benzene rings is 1. The fourth-order valence-electron chi connectivity index (χ4n) is 2.12. The maximum absolute atomic E-state index is 13.7. The van der Waals surface area contributed by atoms with E-state index < -0.39 is 5.82 Å². The van der Waals surface area contributed by atoms with Crippen molar-refractivity contribution in [2.75, 3.05) is 0 Å². The number of nitrogens with zero attached hydrogens (tertiary/aromatic N) is 4. The third kappa shape index (κ3) is 2.07. The van der Waals surface area contributed by atoms with Gasteiger partial charge in [-0.1, -0.05) is 11.6 Å². The van der Waals surface area contributed by atoms with E-state index in [0.717, 1.165) is 0 Å². The van der Waals surface area contributed by atoms with Gasteiger partial charge < -0.3 is 0 Å². The molecule has 0 spiro atoms. The van der Waals surface area contributed by atoms with E-state index in [1.165, 1.54) is 12.1 Å². The van der Waals surface area contributed by atoms with Crippen LogP contribution in [0, 0.1) is 5.82 Å². The Bertz CT molecular complexity index is 791. The van der Waals surface area contributed by atoms with Crippen LogP contribution in [0.4, 0.5) is 4.39 Å². The number of fused-ring (bicyclic) bond motifs is 1. The molecule has 0 N–H and O–H groups in total. The molecular formula is C13H11Cl2FN4. The largest absolute Gasteiger partial charge is 0.277 e. The lowest BCUT2D eigenvalue weighted by Gasteiger charge is -2.07. The topological polar surface area (TPSA) is 35.6 Å². The van der Waals surface area contributed by atoms with Crippen LogP contribution < -0.4 is 0 Å². The second-order valence-corrected chi connectivity index (χ2v) is 5.59. The average molecular weight is 313 g/mol. The third-order valence-corrected chi connectivity index (χ3v) is 3.49. The molecule has 20 heavy (non-hydrogen) atoms. The van der Waals surface area contributed by atoms with Crippen molar-refractivity contribution in [2.45, 2.75) is 12.3 Å². The first-order chi connectivity index (χ1) is 9.47. The van der Waals surface area contributed by atoms with Gasteiger partial charge in [0.05, 0.1) is 21.4 Å². The maximum atomic E-state index is 13.7. The fraction of sp³-hybridized carbons (Fsp3) is 0.231. The monoisotopic (exact) mass is 312 g/mol. The zero-order valence-electron chi connectivity index (χ0n) is 10.8. The lowest BCUT2D eigenvalue weighted by molar-refractivity contribution is 0.629. The highest BCUT2D eigenvalue weighted by Gasteiger charge is 2.19. The highest BCUT2D eigenvalue weighted by molar-refractivity contribution is 6.31. The molecule has 0 radical (unpaired) electrons. The highest BCUT2D eigenvalue weighted by atomic mass is 35.5. The molecule has 0 aliphatic rings. The molecule has 1 atom stereocenters. The molecule has 0 saturated heterocycles. The summed E-state index contributed by atoms with van der Waals surface area (Å²) in [6.07, 6.45) is 1.80. The minimum absolute atomic E-state index is 0.0388. The van der Waals surface area contributed by atoms with E-state index in [2.05, 4.69) is 10.1 Å². The summed E-state index contributed by atoms with van der Waals surface area (Å²) in [6, 6.07) is 4.66. The Hall–Kier alpha value is -1.59. The average Bonchev–Trinajstić information content (AvgIpc) is 2.94. The number of halogens is 3. The molecule has 0 saturated carbocycles. The van der Waals surface area contributed by atoms with Crippen LogP contribution in [0.1, 0.15) is 18.1 Å². The Morgan fingerprint density at radius 3 is 2.70 bits per heavy atom. The zero-order valence-corrected chi connectivity index (χ0v) is 12.3. The lowest BCUT2D eigenvalue weighted by atomic mass is 10.3. The van der Waals surface area contributed by atoms with Crippen LogP contribution in [0.3, 0.4) is 0 Å². The van der Waals surface area contributed by atoms with Crippen molar-refractivity contribution in [2.24, 2.45) is 7.05 Å². The van der Waals surface area contributed by atoms with Crippen LogP contribution >= 0.6 is 23.2 Å². The molecule has 0 bridgehead atoms. The van der Waals surface area contributed by atoms with Crippen LogP contribution in [0.15, 0.2) is 24.4 Å². The molecule has 7 heteroatoms. The first kappa shape index (κ1) is 13.4. The van der Waals surface area contributed by atoms with Gasteiger partial charge >= 0.3 is 0 Å². The van der Waals surface area contributed by atoms with Crippen molar-refractivity contribution in [1.29, 1.82) is 0 Å². The summed E-state index contributed by atoms with van der Waals surface area (Å²) in [5.74, 6) is 0.742. The molecule has 2 aromatic heterocycles. The molecule has 0 aliphatic carbocycles. The first-order valence-corrected chi connectivity index (χ1v) is 6.80. The molecule has 3 aromatic rings. The Labute approximate surface area is 124 Å². The Morgan fingerprint density at radius 1 is 1.35 bits per heavy atom. The van der Waals surface area contributed by atoms with Gasteiger partial charge in [-0.25, -0.2) is 9.37 Å². The second-order valence-electron chi connectivity index (χ2n) is 4.52. The van der Waals surface area contributed by atoms with Crippen LogP contribution in [-0.4, -0.2) is 19.3 Å². The number of hydrogen-bond acceptors (Lipinski definition) is 2. The van der Waals surface area contributed by atoms with Gasteiger partial charge in [-0.2, -0.15) is 5.10 Å². The molecular weight excluding hydrogens is 302 g/mol. The maximum Gasteiger partial charge on any atom is 0.160 e. The molecule has 104 valence electrons. The number of aromatic nitrogens is 4. The highest BCUT2D eigenvalue weighted by Crippen LogP contribution is 2.30. The van der Waals surface area contributed by atoms with Gasteiger partial charge in [0.2, 0.25) is 0 Å². The second kappa shape index (κ2) is 4.75. The normalized spacial score (nSPS) is 13.1. The van der Waals surface area contributed by atoms with Crippen molar-refractivity contribution < 1.29 is 4.39 Å². The van der Waals surface area contributed by atoms with Gasteiger partial charge in [0.25, 0.3) is 0 Å². The predicted octanol–water partition coefficient (Wildman–Crippen LogP) is 3.85. The summed E-state index contributed by atoms with van der Waals surface area (Å²) in [6.45, 7) is 1.81. The minimum Gasteiger partial charge on any atom is -0.277 e. The lowest BCUT2D eigenvalue weighted by Crippen LogP contribution is -2.03. The Balaban J connectivity index is 2.37. The van der Waals surface area contributed by atoms with E-state index >= 15 is 0 Å². The molecule has 1 aromatic carbocycles. The van der Waals surface area contributed by atoms with Crippen molar-refractivity contribution in [1.82, 2.24) is 19.3 Å². The van der Waals surface area contributed by atoms with Gasteiger partial charge in [0.15, 0.2) is 5.82 Å². The van der Waals surface area contributed by atoms with Gasteiger partial charge in [0.1, 0.15) is 11.6 Å². The van der Waals surface area contributed by atoms with E-state index in [0.29, 0.717) is 22.7 Å².